The Kier molecular flexibility index (Phi) is 5.24. The molecule has 0 saturated carbocycles. The van der Waals surface area contributed by atoms with E-state index in [4.69, 9.17) is 0 Å². The van der Waals surface area contributed by atoms with Crippen molar-refractivity contribution in [3.63, 3.8) is 0 Å². The first-order chi connectivity index (χ1) is 9.97. The molecule has 110 valence electrons. The number of carbonyl (C=O) groups excluding carboxylic acids is 1. The van der Waals surface area contributed by atoms with Crippen LogP contribution < -0.4 is 0 Å². The Labute approximate surface area is 131 Å². The maximum absolute atomic E-state index is 12.4. The molecular formula is C19H22OS. The van der Waals surface area contributed by atoms with Gasteiger partial charge in [0, 0.05) is 22.0 Å². The predicted molar refractivity (Wildman–Crippen MR) is 90.6 cm³/mol. The number of benzene rings is 2. The highest BCUT2D eigenvalue weighted by molar-refractivity contribution is 7.99. The second-order valence-electron chi connectivity index (χ2n) is 6.21. The van der Waals surface area contributed by atoms with Gasteiger partial charge in [0.15, 0.2) is 0 Å². The first kappa shape index (κ1) is 15.8. The average molecular weight is 298 g/mol. The minimum atomic E-state index is -0.287. The molecule has 1 nitrogen and oxygen atoms in total. The third kappa shape index (κ3) is 4.75. The summed E-state index contributed by atoms with van der Waals surface area (Å²) < 4.78 is 0. The Bertz CT molecular complexity index is 570. The van der Waals surface area contributed by atoms with Crippen LogP contribution in [0.4, 0.5) is 0 Å². The quantitative estimate of drug-likeness (QED) is 0.675. The average Bonchev–Trinajstić information content (AvgIpc) is 2.47. The van der Waals surface area contributed by atoms with Crippen molar-refractivity contribution in [3.8, 4) is 0 Å². The van der Waals surface area contributed by atoms with E-state index in [0.717, 1.165) is 0 Å². The summed E-state index contributed by atoms with van der Waals surface area (Å²) in [6, 6.07) is 20.6. The highest BCUT2D eigenvalue weighted by Gasteiger charge is 2.26. The number of hydrogen-bond donors (Lipinski definition) is 0. The largest absolute Gasteiger partial charge is 0.299 e. The van der Waals surface area contributed by atoms with Crippen LogP contribution in [-0.4, -0.2) is 5.78 Å². The van der Waals surface area contributed by atoms with Crippen LogP contribution in [0, 0.1) is 5.41 Å². The predicted octanol–water partition coefficient (Wildman–Crippen LogP) is 5.53. The molecule has 2 rings (SSSR count). The Morgan fingerprint density at radius 1 is 0.952 bits per heavy atom. The number of ketones is 1. The maximum atomic E-state index is 12.4. The summed E-state index contributed by atoms with van der Waals surface area (Å²) in [4.78, 5) is 13.6. The van der Waals surface area contributed by atoms with Crippen molar-refractivity contribution in [2.24, 2.45) is 5.41 Å². The van der Waals surface area contributed by atoms with Crippen molar-refractivity contribution in [1.82, 2.24) is 0 Å². The van der Waals surface area contributed by atoms with Crippen LogP contribution in [-0.2, 0) is 4.79 Å². The van der Waals surface area contributed by atoms with Crippen LogP contribution in [0.5, 0.6) is 0 Å². The maximum Gasteiger partial charge on any atom is 0.139 e. The van der Waals surface area contributed by atoms with Gasteiger partial charge in [-0.05, 0) is 17.7 Å². The van der Waals surface area contributed by atoms with Crippen molar-refractivity contribution in [2.75, 3.05) is 0 Å². The summed E-state index contributed by atoms with van der Waals surface area (Å²) in [6.45, 7) is 5.97. The summed E-state index contributed by atoms with van der Waals surface area (Å²) in [7, 11) is 0. The van der Waals surface area contributed by atoms with Crippen molar-refractivity contribution in [2.45, 2.75) is 37.3 Å². The molecule has 21 heavy (non-hydrogen) atoms. The highest BCUT2D eigenvalue weighted by Crippen LogP contribution is 2.39. The Hall–Kier alpha value is -1.54. The van der Waals surface area contributed by atoms with E-state index in [1.807, 2.05) is 57.2 Å². The van der Waals surface area contributed by atoms with Gasteiger partial charge in [0.25, 0.3) is 0 Å². The van der Waals surface area contributed by atoms with E-state index in [9.17, 15) is 4.79 Å². The zero-order valence-corrected chi connectivity index (χ0v) is 13.7. The number of Topliss-reactive ketones (excluding diaryl/α,β-unsaturated/α-hetero) is 1. The molecule has 0 saturated heterocycles. The molecule has 0 N–H and O–H groups in total. The lowest BCUT2D eigenvalue weighted by Gasteiger charge is -2.22. The first-order valence-corrected chi connectivity index (χ1v) is 8.15. The summed E-state index contributed by atoms with van der Waals surface area (Å²) in [5.74, 6) is 0.305. The van der Waals surface area contributed by atoms with Gasteiger partial charge in [-0.25, -0.2) is 0 Å². The van der Waals surface area contributed by atoms with E-state index in [1.165, 1.54) is 10.5 Å². The molecule has 1 atom stereocenters. The minimum absolute atomic E-state index is 0.167. The fourth-order valence-electron chi connectivity index (χ4n) is 2.03. The second-order valence-corrected chi connectivity index (χ2v) is 7.48. The molecule has 2 aromatic carbocycles. The Balaban J connectivity index is 2.21. The van der Waals surface area contributed by atoms with Crippen molar-refractivity contribution < 1.29 is 4.79 Å². The van der Waals surface area contributed by atoms with Gasteiger partial charge in [-0.1, -0.05) is 69.3 Å². The van der Waals surface area contributed by atoms with Crippen LogP contribution in [0.1, 0.15) is 38.0 Å². The zero-order chi connectivity index (χ0) is 15.3. The van der Waals surface area contributed by atoms with E-state index >= 15 is 0 Å². The minimum Gasteiger partial charge on any atom is -0.299 e. The van der Waals surface area contributed by atoms with Crippen LogP contribution in [0.3, 0.4) is 0 Å². The molecule has 0 aliphatic carbocycles. The number of hydrogen-bond acceptors (Lipinski definition) is 2. The molecule has 0 aromatic heterocycles. The summed E-state index contributed by atoms with van der Waals surface area (Å²) >= 11 is 1.77. The highest BCUT2D eigenvalue weighted by atomic mass is 32.2. The molecule has 0 spiro atoms. The molecule has 0 aliphatic heterocycles. The standard InChI is InChI=1S/C19H22OS/c1-19(2,3)18(20)14-17(15-10-6-4-7-11-15)21-16-12-8-5-9-13-16/h4-13,17H,14H2,1-3H3/t17-/m1/s1. The fourth-order valence-corrected chi connectivity index (χ4v) is 3.20. The molecule has 2 aromatic rings. The summed E-state index contributed by atoms with van der Waals surface area (Å²) in [5.41, 5.74) is 0.925. The van der Waals surface area contributed by atoms with Crippen molar-refractivity contribution in [3.05, 3.63) is 66.2 Å². The van der Waals surface area contributed by atoms with Crippen molar-refractivity contribution >= 4 is 17.5 Å². The summed E-state index contributed by atoms with van der Waals surface area (Å²) in [6.07, 6.45) is 0.563. The van der Waals surface area contributed by atoms with E-state index in [1.54, 1.807) is 11.8 Å². The smallest absolute Gasteiger partial charge is 0.139 e. The monoisotopic (exact) mass is 298 g/mol. The van der Waals surface area contributed by atoms with E-state index < -0.39 is 0 Å². The SMILES string of the molecule is CC(C)(C)C(=O)C[C@@H](Sc1ccccc1)c1ccccc1. The molecule has 0 unspecified atom stereocenters. The van der Waals surface area contributed by atoms with E-state index in [2.05, 4.69) is 24.3 Å². The molecule has 0 aliphatic rings. The third-order valence-corrected chi connectivity index (χ3v) is 4.67. The van der Waals surface area contributed by atoms with Crippen LogP contribution in [0.15, 0.2) is 65.6 Å². The molecule has 0 radical (unpaired) electrons. The second kappa shape index (κ2) is 6.95. The Morgan fingerprint density at radius 2 is 1.48 bits per heavy atom. The lowest BCUT2D eigenvalue weighted by atomic mass is 9.87. The van der Waals surface area contributed by atoms with Gasteiger partial charge in [0.2, 0.25) is 0 Å². The normalized spacial score (nSPS) is 12.9. The summed E-state index contributed by atoms with van der Waals surface area (Å²) in [5, 5.41) is 0.167. The van der Waals surface area contributed by atoms with Gasteiger partial charge in [0.05, 0.1) is 0 Å². The lowest BCUT2D eigenvalue weighted by Crippen LogP contribution is -2.21. The molecule has 0 amide bonds. The van der Waals surface area contributed by atoms with Gasteiger partial charge < -0.3 is 0 Å². The first-order valence-electron chi connectivity index (χ1n) is 7.27. The molecule has 0 bridgehead atoms. The topological polar surface area (TPSA) is 17.1 Å². The fraction of sp³-hybridized carbons (Fsp3) is 0.316. The number of rotatable bonds is 5. The third-order valence-electron chi connectivity index (χ3n) is 3.40. The Morgan fingerprint density at radius 3 is 2.00 bits per heavy atom. The van der Waals surface area contributed by atoms with Gasteiger partial charge >= 0.3 is 0 Å². The number of carbonyl (C=O) groups is 1. The van der Waals surface area contributed by atoms with Crippen molar-refractivity contribution in [1.29, 1.82) is 0 Å². The van der Waals surface area contributed by atoms with Gasteiger partial charge in [-0.2, -0.15) is 0 Å². The van der Waals surface area contributed by atoms with Gasteiger partial charge in [-0.15, -0.1) is 11.8 Å². The molecule has 0 fully saturated rings. The van der Waals surface area contributed by atoms with Crippen LogP contribution in [0.25, 0.3) is 0 Å². The van der Waals surface area contributed by atoms with Gasteiger partial charge in [0.1, 0.15) is 5.78 Å². The van der Waals surface area contributed by atoms with Crippen LogP contribution in [0.2, 0.25) is 0 Å². The molecular weight excluding hydrogens is 276 g/mol. The lowest BCUT2D eigenvalue weighted by molar-refractivity contribution is -0.126. The number of thioether (sulfide) groups is 1. The van der Waals surface area contributed by atoms with E-state index in [0.29, 0.717) is 12.2 Å². The zero-order valence-electron chi connectivity index (χ0n) is 12.9. The molecule has 0 heterocycles. The molecule has 2 heteroatoms. The van der Waals surface area contributed by atoms with Crippen LogP contribution >= 0.6 is 11.8 Å². The van der Waals surface area contributed by atoms with E-state index in [-0.39, 0.29) is 10.7 Å². The van der Waals surface area contributed by atoms with Gasteiger partial charge in [-0.3, -0.25) is 4.79 Å².